The first kappa shape index (κ1) is 22.6. The molecule has 0 bridgehead atoms. The third-order valence-electron chi connectivity index (χ3n) is 4.05. The lowest BCUT2D eigenvalue weighted by atomic mass is 10.2. The van der Waals surface area contributed by atoms with E-state index >= 15 is 0 Å². The van der Waals surface area contributed by atoms with Crippen molar-refractivity contribution in [2.45, 2.75) is 26.2 Å². The summed E-state index contributed by atoms with van der Waals surface area (Å²) < 4.78 is 54.7. The summed E-state index contributed by atoms with van der Waals surface area (Å²) >= 11 is 14.9. The van der Waals surface area contributed by atoms with Gasteiger partial charge in [-0.05, 0) is 35.0 Å². The molecule has 0 saturated carbocycles. The number of rotatable bonds is 5. The highest BCUT2D eigenvalue weighted by molar-refractivity contribution is 9.10. The molecule has 0 aliphatic carbocycles. The topological polar surface area (TPSA) is 64.7 Å². The van der Waals surface area contributed by atoms with E-state index in [2.05, 4.69) is 31.4 Å². The summed E-state index contributed by atoms with van der Waals surface area (Å²) in [5.74, 6) is -1.26. The monoisotopic (exact) mass is 527 g/mol. The number of nitrogens with zero attached hydrogens (tertiary/aromatic N) is 4. The number of halogens is 7. The molecule has 0 aliphatic heterocycles. The second kappa shape index (κ2) is 8.56. The van der Waals surface area contributed by atoms with Crippen molar-refractivity contribution >= 4 is 50.9 Å². The van der Waals surface area contributed by atoms with Gasteiger partial charge in [-0.2, -0.15) is 23.4 Å². The Morgan fingerprint density at radius 1 is 1.23 bits per heavy atom. The number of alkyl halides is 3. The number of anilines is 1. The number of nitrogens with one attached hydrogen (secondary N) is 1. The molecule has 3 aromatic rings. The number of aromatic nitrogens is 4. The molecule has 3 rings (SSSR count). The van der Waals surface area contributed by atoms with Gasteiger partial charge in [-0.15, -0.1) is 0 Å². The highest BCUT2D eigenvalue weighted by atomic mass is 79.9. The quantitative estimate of drug-likeness (QED) is 0.457. The molecule has 1 N–H and O–H groups in total. The molecule has 13 heteroatoms. The zero-order valence-electron chi connectivity index (χ0n) is 15.1. The van der Waals surface area contributed by atoms with Gasteiger partial charge in [0.1, 0.15) is 17.4 Å². The van der Waals surface area contributed by atoms with E-state index in [4.69, 9.17) is 23.2 Å². The molecule has 6 nitrogen and oxygen atoms in total. The minimum Gasteiger partial charge on any atom is -0.306 e. The number of hydrogen-bond acceptors (Lipinski definition) is 3. The van der Waals surface area contributed by atoms with Gasteiger partial charge < -0.3 is 5.32 Å². The van der Waals surface area contributed by atoms with Gasteiger partial charge in [0.15, 0.2) is 11.5 Å². The van der Waals surface area contributed by atoms with Crippen LogP contribution in [0.15, 0.2) is 28.9 Å². The molecular formula is C17H12BrCl2F4N5O. The van der Waals surface area contributed by atoms with E-state index in [0.717, 1.165) is 4.68 Å². The van der Waals surface area contributed by atoms with Crippen LogP contribution in [-0.4, -0.2) is 25.5 Å². The van der Waals surface area contributed by atoms with Crippen LogP contribution in [0.1, 0.15) is 17.0 Å². The number of benzene rings is 1. The molecule has 0 aliphatic rings. The van der Waals surface area contributed by atoms with Gasteiger partial charge in [0.05, 0.1) is 16.7 Å². The maximum absolute atomic E-state index is 13.9. The van der Waals surface area contributed by atoms with Crippen LogP contribution in [0.25, 0.3) is 0 Å². The van der Waals surface area contributed by atoms with Crippen molar-refractivity contribution < 1.29 is 22.4 Å². The minimum atomic E-state index is -4.67. The van der Waals surface area contributed by atoms with Gasteiger partial charge in [0.2, 0.25) is 5.91 Å². The largest absolute Gasteiger partial charge is 0.436 e. The van der Waals surface area contributed by atoms with E-state index in [1.807, 2.05) is 0 Å². The Morgan fingerprint density at radius 3 is 2.53 bits per heavy atom. The fourth-order valence-electron chi connectivity index (χ4n) is 2.58. The molecule has 0 saturated heterocycles. The average molecular weight is 529 g/mol. The van der Waals surface area contributed by atoms with Crippen LogP contribution < -0.4 is 5.32 Å². The second-order valence-electron chi connectivity index (χ2n) is 6.18. The maximum atomic E-state index is 13.9. The molecule has 2 aromatic heterocycles. The van der Waals surface area contributed by atoms with Crippen molar-refractivity contribution in [1.29, 1.82) is 0 Å². The number of carbonyl (C=O) groups excluding carboxylic acids is 1. The third kappa shape index (κ3) is 4.79. The van der Waals surface area contributed by atoms with Crippen LogP contribution in [0, 0.1) is 12.7 Å². The van der Waals surface area contributed by atoms with Gasteiger partial charge in [-0.25, -0.2) is 4.39 Å². The van der Waals surface area contributed by atoms with Crippen molar-refractivity contribution in [3.05, 3.63) is 61.7 Å². The highest BCUT2D eigenvalue weighted by Gasteiger charge is 2.38. The summed E-state index contributed by atoms with van der Waals surface area (Å²) in [6, 6.07) is 4.23. The molecular weight excluding hydrogens is 517 g/mol. The van der Waals surface area contributed by atoms with Gasteiger partial charge in [0.25, 0.3) is 0 Å². The SMILES string of the molecule is Cc1c(Br)c(C(F)(F)F)nn1CC(=O)Nc1nn(Cc2c(F)cccc2Cl)cc1Cl. The smallest absolute Gasteiger partial charge is 0.306 e. The third-order valence-corrected chi connectivity index (χ3v) is 5.63. The van der Waals surface area contributed by atoms with Crippen molar-refractivity contribution in [2.24, 2.45) is 0 Å². The molecule has 30 heavy (non-hydrogen) atoms. The van der Waals surface area contributed by atoms with Crippen LogP contribution >= 0.6 is 39.1 Å². The van der Waals surface area contributed by atoms with Crippen LogP contribution in [0.3, 0.4) is 0 Å². The Hall–Kier alpha value is -2.11. The molecule has 2 heterocycles. The van der Waals surface area contributed by atoms with Crippen molar-refractivity contribution in [3.63, 3.8) is 0 Å². The molecule has 160 valence electrons. The van der Waals surface area contributed by atoms with Crippen LogP contribution in [0.2, 0.25) is 10.0 Å². The van der Waals surface area contributed by atoms with E-state index in [-0.39, 0.29) is 38.1 Å². The van der Waals surface area contributed by atoms with Gasteiger partial charge in [0, 0.05) is 16.8 Å². The Morgan fingerprint density at radius 2 is 1.93 bits per heavy atom. The van der Waals surface area contributed by atoms with Gasteiger partial charge >= 0.3 is 6.18 Å². The Balaban J connectivity index is 1.74. The van der Waals surface area contributed by atoms with Crippen LogP contribution in [0.5, 0.6) is 0 Å². The summed E-state index contributed by atoms with van der Waals surface area (Å²) in [6.45, 7) is 0.851. The Bertz CT molecular complexity index is 1090. The number of hydrogen-bond donors (Lipinski definition) is 1. The summed E-state index contributed by atoms with van der Waals surface area (Å²) in [6.07, 6.45) is -3.31. The molecule has 0 radical (unpaired) electrons. The van der Waals surface area contributed by atoms with E-state index in [1.165, 1.54) is 36.0 Å². The lowest BCUT2D eigenvalue weighted by Crippen LogP contribution is -2.21. The number of amides is 1. The van der Waals surface area contributed by atoms with Gasteiger partial charge in [-0.3, -0.25) is 14.2 Å². The van der Waals surface area contributed by atoms with Crippen molar-refractivity contribution in [1.82, 2.24) is 19.6 Å². The van der Waals surface area contributed by atoms with E-state index < -0.39 is 30.1 Å². The summed E-state index contributed by atoms with van der Waals surface area (Å²) in [7, 11) is 0. The average Bonchev–Trinajstić information content (AvgIpc) is 3.12. The molecule has 0 unspecified atom stereocenters. The predicted octanol–water partition coefficient (Wildman–Crippen LogP) is 5.30. The van der Waals surface area contributed by atoms with Crippen LogP contribution in [0.4, 0.5) is 23.4 Å². The molecule has 1 amide bonds. The fourth-order valence-corrected chi connectivity index (χ4v) is 3.50. The fraction of sp³-hybridized carbons (Fsp3) is 0.235. The summed E-state index contributed by atoms with van der Waals surface area (Å²) in [5, 5.41) is 10.2. The first-order valence-corrected chi connectivity index (χ1v) is 9.78. The zero-order valence-corrected chi connectivity index (χ0v) is 18.2. The van der Waals surface area contributed by atoms with Gasteiger partial charge in [-0.1, -0.05) is 29.3 Å². The minimum absolute atomic E-state index is 0.0333. The standard InChI is InChI=1S/C17H12BrCl2F4N5O/c1-8-14(18)15(17(22,23)24)26-29(8)7-13(30)25-16-11(20)6-28(27-16)5-9-10(19)3-2-4-12(9)21/h2-4,6H,5,7H2,1H3,(H,25,27,30). The molecule has 0 atom stereocenters. The Labute approximate surface area is 185 Å². The van der Waals surface area contributed by atoms with E-state index in [0.29, 0.717) is 0 Å². The van der Waals surface area contributed by atoms with E-state index in [9.17, 15) is 22.4 Å². The van der Waals surface area contributed by atoms with Crippen LogP contribution in [-0.2, 0) is 24.1 Å². The normalized spacial score (nSPS) is 11.7. The maximum Gasteiger partial charge on any atom is 0.436 e. The van der Waals surface area contributed by atoms with Crippen molar-refractivity contribution in [3.8, 4) is 0 Å². The summed E-state index contributed by atoms with van der Waals surface area (Å²) in [4.78, 5) is 12.3. The van der Waals surface area contributed by atoms with E-state index in [1.54, 1.807) is 0 Å². The number of carbonyl (C=O) groups is 1. The lowest BCUT2D eigenvalue weighted by molar-refractivity contribution is -0.142. The molecule has 1 aromatic carbocycles. The predicted molar refractivity (Wildman–Crippen MR) is 106 cm³/mol. The molecule has 0 spiro atoms. The lowest BCUT2D eigenvalue weighted by Gasteiger charge is -2.06. The summed E-state index contributed by atoms with van der Waals surface area (Å²) in [5.41, 5.74) is -0.812. The van der Waals surface area contributed by atoms with Crippen molar-refractivity contribution in [2.75, 3.05) is 5.32 Å². The highest BCUT2D eigenvalue weighted by Crippen LogP contribution is 2.35. The molecule has 0 fully saturated rings. The zero-order chi connectivity index (χ0) is 22.2. The second-order valence-corrected chi connectivity index (χ2v) is 7.78. The first-order chi connectivity index (χ1) is 14.0. The first-order valence-electron chi connectivity index (χ1n) is 8.23. The Kier molecular flexibility index (Phi) is 6.44.